The molecule has 3 fully saturated rings. The lowest BCUT2D eigenvalue weighted by atomic mass is 10.4. The molecular formula is C15H24N6. The van der Waals surface area contributed by atoms with Gasteiger partial charge in [-0.1, -0.05) is 20.8 Å². The van der Waals surface area contributed by atoms with Gasteiger partial charge >= 0.3 is 0 Å². The molecule has 3 unspecified atom stereocenters. The van der Waals surface area contributed by atoms with Gasteiger partial charge in [0.2, 0.25) is 17.8 Å². The highest BCUT2D eigenvalue weighted by Crippen LogP contribution is 2.35. The predicted molar refractivity (Wildman–Crippen MR) is 84.1 cm³/mol. The molecule has 3 atom stereocenters. The Morgan fingerprint density at radius 2 is 0.952 bits per heavy atom. The van der Waals surface area contributed by atoms with E-state index in [1.165, 1.54) is 19.3 Å². The first-order chi connectivity index (χ1) is 10.2. The van der Waals surface area contributed by atoms with Crippen LogP contribution in [0.15, 0.2) is 0 Å². The fraction of sp³-hybridized carbons (Fsp3) is 0.800. The molecule has 4 heterocycles. The molecule has 1 aromatic rings. The van der Waals surface area contributed by atoms with E-state index < -0.39 is 0 Å². The lowest BCUT2D eigenvalue weighted by molar-refractivity contribution is 0.864. The second kappa shape index (κ2) is 4.71. The molecule has 6 nitrogen and oxygen atoms in total. The fourth-order valence-electron chi connectivity index (χ4n) is 3.05. The predicted octanol–water partition coefficient (Wildman–Crippen LogP) is 1.67. The summed E-state index contributed by atoms with van der Waals surface area (Å²) in [6.45, 7) is 9.95. The third kappa shape index (κ3) is 2.30. The first-order valence-electron chi connectivity index (χ1n) is 8.31. The topological polar surface area (TPSA) is 47.7 Å². The zero-order valence-electron chi connectivity index (χ0n) is 13.2. The van der Waals surface area contributed by atoms with Gasteiger partial charge < -0.3 is 14.7 Å². The van der Waals surface area contributed by atoms with E-state index in [-0.39, 0.29) is 0 Å². The maximum absolute atomic E-state index is 4.72. The van der Waals surface area contributed by atoms with E-state index in [0.29, 0.717) is 18.1 Å². The van der Waals surface area contributed by atoms with Gasteiger partial charge in [-0.05, 0) is 19.3 Å². The summed E-state index contributed by atoms with van der Waals surface area (Å²) < 4.78 is 0. The van der Waals surface area contributed by atoms with Crippen LogP contribution in [0, 0.1) is 0 Å². The average Bonchev–Trinajstić information content (AvgIpc) is 3.40. The van der Waals surface area contributed by atoms with E-state index in [0.717, 1.165) is 37.5 Å². The summed E-state index contributed by atoms with van der Waals surface area (Å²) in [6.07, 6.45) is 3.50. The smallest absolute Gasteiger partial charge is 0.232 e. The summed E-state index contributed by atoms with van der Waals surface area (Å²) >= 11 is 0. The second-order valence-corrected chi connectivity index (χ2v) is 6.38. The van der Waals surface area contributed by atoms with Crippen molar-refractivity contribution in [1.82, 2.24) is 15.0 Å². The minimum atomic E-state index is 0.625. The van der Waals surface area contributed by atoms with Gasteiger partial charge in [-0.15, -0.1) is 0 Å². The van der Waals surface area contributed by atoms with Crippen molar-refractivity contribution in [2.24, 2.45) is 0 Å². The third-order valence-electron chi connectivity index (χ3n) is 4.93. The van der Waals surface area contributed by atoms with Crippen LogP contribution >= 0.6 is 0 Å². The van der Waals surface area contributed by atoms with Crippen LogP contribution in [0.3, 0.4) is 0 Å². The molecule has 6 heteroatoms. The van der Waals surface area contributed by atoms with E-state index >= 15 is 0 Å². The van der Waals surface area contributed by atoms with Crippen LogP contribution in [0.1, 0.15) is 40.0 Å². The van der Waals surface area contributed by atoms with Crippen LogP contribution in [-0.2, 0) is 0 Å². The van der Waals surface area contributed by atoms with Crippen molar-refractivity contribution < 1.29 is 0 Å². The highest BCUT2D eigenvalue weighted by atomic mass is 15.5. The van der Waals surface area contributed by atoms with Crippen LogP contribution in [0.25, 0.3) is 0 Å². The first-order valence-corrected chi connectivity index (χ1v) is 8.31. The molecule has 0 aromatic carbocycles. The van der Waals surface area contributed by atoms with Crippen molar-refractivity contribution >= 4 is 17.8 Å². The zero-order chi connectivity index (χ0) is 14.6. The van der Waals surface area contributed by atoms with Gasteiger partial charge in [-0.25, -0.2) is 0 Å². The Labute approximate surface area is 126 Å². The standard InChI is InChI=1S/C15H24N6/c1-4-10-7-19(10)13-16-14(20-8-11(20)5-2)18-15(17-13)21-9-12(21)6-3/h10-12H,4-9H2,1-3H3. The van der Waals surface area contributed by atoms with Crippen molar-refractivity contribution in [2.75, 3.05) is 34.3 Å². The Morgan fingerprint density at radius 3 is 1.14 bits per heavy atom. The molecule has 4 rings (SSSR count). The Hall–Kier alpha value is -1.59. The molecule has 0 N–H and O–H groups in total. The average molecular weight is 288 g/mol. The molecule has 0 saturated carbocycles. The molecule has 21 heavy (non-hydrogen) atoms. The Bertz CT molecular complexity index is 458. The molecule has 0 spiro atoms. The van der Waals surface area contributed by atoms with E-state index in [9.17, 15) is 0 Å². The quantitative estimate of drug-likeness (QED) is 0.742. The van der Waals surface area contributed by atoms with Gasteiger partial charge in [0, 0.05) is 37.8 Å². The number of hydrogen-bond donors (Lipinski definition) is 0. The highest BCUT2D eigenvalue weighted by molar-refractivity contribution is 5.55. The van der Waals surface area contributed by atoms with Crippen LogP contribution in [0.5, 0.6) is 0 Å². The molecule has 1 aromatic heterocycles. The minimum absolute atomic E-state index is 0.625. The van der Waals surface area contributed by atoms with Gasteiger partial charge in [-0.3, -0.25) is 0 Å². The monoisotopic (exact) mass is 288 g/mol. The zero-order valence-corrected chi connectivity index (χ0v) is 13.2. The third-order valence-corrected chi connectivity index (χ3v) is 4.93. The van der Waals surface area contributed by atoms with Crippen LogP contribution in [-0.4, -0.2) is 52.7 Å². The van der Waals surface area contributed by atoms with Gasteiger partial charge in [-0.2, -0.15) is 15.0 Å². The van der Waals surface area contributed by atoms with Crippen LogP contribution in [0.2, 0.25) is 0 Å². The molecule has 3 aliphatic heterocycles. The van der Waals surface area contributed by atoms with Gasteiger partial charge in [0.25, 0.3) is 0 Å². The van der Waals surface area contributed by atoms with Crippen molar-refractivity contribution in [1.29, 1.82) is 0 Å². The summed E-state index contributed by atoms with van der Waals surface area (Å²) in [5, 5.41) is 0. The van der Waals surface area contributed by atoms with Crippen molar-refractivity contribution in [3.63, 3.8) is 0 Å². The maximum atomic E-state index is 4.72. The van der Waals surface area contributed by atoms with Crippen LogP contribution in [0.4, 0.5) is 17.8 Å². The molecule has 0 aliphatic carbocycles. The van der Waals surface area contributed by atoms with E-state index in [2.05, 4.69) is 35.5 Å². The van der Waals surface area contributed by atoms with Crippen molar-refractivity contribution in [3.05, 3.63) is 0 Å². The summed E-state index contributed by atoms with van der Waals surface area (Å²) in [6, 6.07) is 1.88. The SMILES string of the molecule is CCC1CN1c1nc(N2CC2CC)nc(N2CC2CC)n1. The molecule has 0 amide bonds. The summed E-state index contributed by atoms with van der Waals surface area (Å²) in [5.41, 5.74) is 0. The number of rotatable bonds is 6. The van der Waals surface area contributed by atoms with Crippen molar-refractivity contribution in [2.45, 2.75) is 58.2 Å². The minimum Gasteiger partial charge on any atom is -0.334 e. The Kier molecular flexibility index (Phi) is 2.94. The normalized spacial score (nSPS) is 29.9. The summed E-state index contributed by atoms with van der Waals surface area (Å²) in [7, 11) is 0. The second-order valence-electron chi connectivity index (χ2n) is 6.38. The number of aromatic nitrogens is 3. The number of nitrogens with zero attached hydrogens (tertiary/aromatic N) is 6. The highest BCUT2D eigenvalue weighted by Gasteiger charge is 2.41. The van der Waals surface area contributed by atoms with E-state index in [1.807, 2.05) is 0 Å². The molecule has 114 valence electrons. The lowest BCUT2D eigenvalue weighted by Gasteiger charge is -2.11. The number of anilines is 3. The van der Waals surface area contributed by atoms with Gasteiger partial charge in [0.15, 0.2) is 0 Å². The van der Waals surface area contributed by atoms with Gasteiger partial charge in [0.05, 0.1) is 0 Å². The maximum Gasteiger partial charge on any atom is 0.232 e. The Balaban J connectivity index is 1.61. The molecule has 0 bridgehead atoms. The fourth-order valence-corrected chi connectivity index (χ4v) is 3.05. The van der Waals surface area contributed by atoms with E-state index in [4.69, 9.17) is 15.0 Å². The first kappa shape index (κ1) is 13.1. The van der Waals surface area contributed by atoms with E-state index in [1.54, 1.807) is 0 Å². The molecular weight excluding hydrogens is 264 g/mol. The van der Waals surface area contributed by atoms with Gasteiger partial charge in [0.1, 0.15) is 0 Å². The Morgan fingerprint density at radius 1 is 0.667 bits per heavy atom. The molecule has 3 aliphatic rings. The molecule has 3 saturated heterocycles. The largest absolute Gasteiger partial charge is 0.334 e. The number of hydrogen-bond acceptors (Lipinski definition) is 6. The van der Waals surface area contributed by atoms with Crippen molar-refractivity contribution in [3.8, 4) is 0 Å². The summed E-state index contributed by atoms with van der Waals surface area (Å²) in [5.74, 6) is 2.64. The van der Waals surface area contributed by atoms with Crippen LogP contribution < -0.4 is 14.7 Å². The molecule has 0 radical (unpaired) electrons. The summed E-state index contributed by atoms with van der Waals surface area (Å²) in [4.78, 5) is 21.0. The lowest BCUT2D eigenvalue weighted by Crippen LogP contribution is -2.13.